The van der Waals surface area contributed by atoms with Crippen LogP contribution in [0.15, 0.2) is 11.6 Å². The topological polar surface area (TPSA) is 62.3 Å². The van der Waals surface area contributed by atoms with Crippen LogP contribution >= 0.6 is 11.3 Å². The molecule has 0 radical (unpaired) electrons. The molecule has 2 amide bonds. The minimum absolute atomic E-state index is 0.0736. The Kier molecular flexibility index (Phi) is 6.16. The van der Waals surface area contributed by atoms with Gasteiger partial charge in [-0.25, -0.2) is 4.98 Å². The zero-order chi connectivity index (χ0) is 16.9. The zero-order valence-corrected chi connectivity index (χ0v) is 15.1. The summed E-state index contributed by atoms with van der Waals surface area (Å²) >= 11 is 1.39. The fourth-order valence-electron chi connectivity index (χ4n) is 2.97. The van der Waals surface area contributed by atoms with Gasteiger partial charge in [-0.1, -0.05) is 40.0 Å². The highest BCUT2D eigenvalue weighted by molar-refractivity contribution is 7.13. The third-order valence-electron chi connectivity index (χ3n) is 4.01. The molecule has 1 aliphatic rings. The summed E-state index contributed by atoms with van der Waals surface area (Å²) in [4.78, 5) is 30.9. The lowest BCUT2D eigenvalue weighted by Gasteiger charge is -2.35. The Morgan fingerprint density at radius 2 is 2.00 bits per heavy atom. The molecular weight excluding hydrogens is 310 g/mol. The highest BCUT2D eigenvalue weighted by Gasteiger charge is 2.29. The second-order valence-electron chi connectivity index (χ2n) is 7.44. The van der Waals surface area contributed by atoms with Crippen molar-refractivity contribution in [3.63, 3.8) is 0 Å². The molecule has 1 N–H and O–H groups in total. The number of amides is 2. The Balaban J connectivity index is 2.02. The molecule has 0 bridgehead atoms. The van der Waals surface area contributed by atoms with Crippen LogP contribution in [-0.4, -0.2) is 34.3 Å². The molecular formula is C17H27N3O2S. The molecule has 1 aliphatic carbocycles. The molecule has 6 heteroatoms. The van der Waals surface area contributed by atoms with Crippen molar-refractivity contribution < 1.29 is 9.59 Å². The SMILES string of the molecule is CC(C)(C)CC(=O)N(CC(=O)Nc1nccs1)C1CCCCC1. The summed E-state index contributed by atoms with van der Waals surface area (Å²) in [6.45, 7) is 6.29. The maximum atomic E-state index is 12.7. The van der Waals surface area contributed by atoms with E-state index in [1.165, 1.54) is 17.8 Å². The lowest BCUT2D eigenvalue weighted by Crippen LogP contribution is -2.46. The van der Waals surface area contributed by atoms with Gasteiger partial charge in [0.25, 0.3) is 0 Å². The van der Waals surface area contributed by atoms with Gasteiger partial charge >= 0.3 is 0 Å². The van der Waals surface area contributed by atoms with Gasteiger partial charge in [0.1, 0.15) is 6.54 Å². The van der Waals surface area contributed by atoms with Gasteiger partial charge in [-0.05, 0) is 18.3 Å². The fraction of sp³-hybridized carbons (Fsp3) is 0.706. The van der Waals surface area contributed by atoms with Crippen molar-refractivity contribution in [1.82, 2.24) is 9.88 Å². The van der Waals surface area contributed by atoms with Gasteiger partial charge in [-0.3, -0.25) is 9.59 Å². The molecule has 5 nitrogen and oxygen atoms in total. The van der Waals surface area contributed by atoms with Crippen molar-refractivity contribution in [2.45, 2.75) is 65.3 Å². The molecule has 128 valence electrons. The molecule has 1 fully saturated rings. The first-order valence-electron chi connectivity index (χ1n) is 8.34. The van der Waals surface area contributed by atoms with E-state index in [2.05, 4.69) is 31.1 Å². The van der Waals surface area contributed by atoms with E-state index in [4.69, 9.17) is 0 Å². The minimum Gasteiger partial charge on any atom is -0.330 e. The van der Waals surface area contributed by atoms with Gasteiger partial charge < -0.3 is 10.2 Å². The Hall–Kier alpha value is -1.43. The Morgan fingerprint density at radius 1 is 1.30 bits per heavy atom. The number of aromatic nitrogens is 1. The van der Waals surface area contributed by atoms with Crippen LogP contribution in [0.4, 0.5) is 5.13 Å². The maximum Gasteiger partial charge on any atom is 0.245 e. The van der Waals surface area contributed by atoms with Crippen molar-refractivity contribution in [2.75, 3.05) is 11.9 Å². The molecule has 2 rings (SSSR count). The highest BCUT2D eigenvalue weighted by atomic mass is 32.1. The van der Waals surface area contributed by atoms with Gasteiger partial charge in [-0.2, -0.15) is 0 Å². The van der Waals surface area contributed by atoms with Crippen molar-refractivity contribution in [3.05, 3.63) is 11.6 Å². The van der Waals surface area contributed by atoms with E-state index in [0.717, 1.165) is 25.7 Å². The summed E-state index contributed by atoms with van der Waals surface area (Å²) in [5, 5.41) is 5.19. The van der Waals surface area contributed by atoms with Crippen LogP contribution in [0.5, 0.6) is 0 Å². The van der Waals surface area contributed by atoms with Crippen LogP contribution in [0.2, 0.25) is 0 Å². The summed E-state index contributed by atoms with van der Waals surface area (Å²) in [6, 6.07) is 0.195. The predicted octanol–water partition coefficient (Wildman–Crippen LogP) is 3.68. The first-order chi connectivity index (χ1) is 10.8. The second kappa shape index (κ2) is 7.90. The summed E-state index contributed by atoms with van der Waals surface area (Å²) < 4.78 is 0. The smallest absolute Gasteiger partial charge is 0.245 e. The monoisotopic (exact) mass is 337 g/mol. The molecule has 0 atom stereocenters. The maximum absolute atomic E-state index is 12.7. The van der Waals surface area contributed by atoms with Crippen LogP contribution in [0, 0.1) is 5.41 Å². The number of nitrogens with zero attached hydrogens (tertiary/aromatic N) is 2. The van der Waals surface area contributed by atoms with E-state index in [1.807, 2.05) is 5.38 Å². The van der Waals surface area contributed by atoms with Gasteiger partial charge in [0, 0.05) is 24.0 Å². The first kappa shape index (κ1) is 17.9. The van der Waals surface area contributed by atoms with Crippen LogP contribution in [0.25, 0.3) is 0 Å². The normalized spacial score (nSPS) is 16.1. The van der Waals surface area contributed by atoms with Gasteiger partial charge in [0.2, 0.25) is 11.8 Å². The largest absolute Gasteiger partial charge is 0.330 e. The number of thiazole rings is 1. The third kappa shape index (κ3) is 5.94. The van der Waals surface area contributed by atoms with Gasteiger partial charge in [0.05, 0.1) is 0 Å². The molecule has 0 aromatic carbocycles. The predicted molar refractivity (Wildman–Crippen MR) is 93.4 cm³/mol. The number of carbonyl (C=O) groups is 2. The molecule has 0 aliphatic heterocycles. The van der Waals surface area contributed by atoms with E-state index in [-0.39, 0.29) is 29.8 Å². The van der Waals surface area contributed by atoms with Gasteiger partial charge in [-0.15, -0.1) is 11.3 Å². The Morgan fingerprint density at radius 3 is 2.57 bits per heavy atom. The number of hydrogen-bond donors (Lipinski definition) is 1. The van der Waals surface area contributed by atoms with E-state index in [1.54, 1.807) is 11.1 Å². The summed E-state index contributed by atoms with van der Waals surface area (Å²) in [5.74, 6) is -0.0773. The standard InChI is InChI=1S/C17H27N3O2S/c1-17(2,3)11-15(22)20(13-7-5-4-6-8-13)12-14(21)19-16-18-9-10-23-16/h9-10,13H,4-8,11-12H2,1-3H3,(H,18,19,21). The molecule has 23 heavy (non-hydrogen) atoms. The molecule has 0 unspecified atom stereocenters. The third-order valence-corrected chi connectivity index (χ3v) is 4.70. The zero-order valence-electron chi connectivity index (χ0n) is 14.3. The molecule has 1 saturated carbocycles. The van der Waals surface area contributed by atoms with Gasteiger partial charge in [0.15, 0.2) is 5.13 Å². The molecule has 0 spiro atoms. The Labute approximate surface area is 142 Å². The van der Waals surface area contributed by atoms with Crippen molar-refractivity contribution in [2.24, 2.45) is 5.41 Å². The number of anilines is 1. The number of rotatable bonds is 5. The molecule has 0 saturated heterocycles. The second-order valence-corrected chi connectivity index (χ2v) is 8.33. The van der Waals surface area contributed by atoms with E-state index < -0.39 is 0 Å². The first-order valence-corrected chi connectivity index (χ1v) is 9.22. The molecule has 1 heterocycles. The average Bonchev–Trinajstić information content (AvgIpc) is 2.96. The van der Waals surface area contributed by atoms with Crippen LogP contribution in [0.1, 0.15) is 59.3 Å². The number of hydrogen-bond acceptors (Lipinski definition) is 4. The van der Waals surface area contributed by atoms with Crippen molar-refractivity contribution in [3.8, 4) is 0 Å². The Bertz CT molecular complexity index is 516. The van der Waals surface area contributed by atoms with Crippen molar-refractivity contribution in [1.29, 1.82) is 0 Å². The van der Waals surface area contributed by atoms with E-state index in [0.29, 0.717) is 11.6 Å². The molecule has 1 aromatic heterocycles. The lowest BCUT2D eigenvalue weighted by molar-refractivity contribution is -0.139. The number of carbonyl (C=O) groups excluding carboxylic acids is 2. The quantitative estimate of drug-likeness (QED) is 0.891. The van der Waals surface area contributed by atoms with E-state index >= 15 is 0 Å². The summed E-state index contributed by atoms with van der Waals surface area (Å²) in [5.41, 5.74) is -0.0736. The van der Waals surface area contributed by atoms with Crippen molar-refractivity contribution >= 4 is 28.3 Å². The summed E-state index contributed by atoms with van der Waals surface area (Å²) in [7, 11) is 0. The average molecular weight is 337 g/mol. The lowest BCUT2D eigenvalue weighted by atomic mass is 9.89. The van der Waals surface area contributed by atoms with Crippen LogP contribution in [0.3, 0.4) is 0 Å². The minimum atomic E-state index is -0.159. The molecule has 1 aromatic rings. The number of nitrogens with one attached hydrogen (secondary N) is 1. The fourth-order valence-corrected chi connectivity index (χ4v) is 3.51. The summed E-state index contributed by atoms with van der Waals surface area (Å²) in [6.07, 6.45) is 7.62. The van der Waals surface area contributed by atoms with E-state index in [9.17, 15) is 9.59 Å². The highest BCUT2D eigenvalue weighted by Crippen LogP contribution is 2.26. The van der Waals surface area contributed by atoms with Crippen LogP contribution < -0.4 is 5.32 Å². The van der Waals surface area contributed by atoms with Crippen LogP contribution in [-0.2, 0) is 9.59 Å².